The van der Waals surface area contributed by atoms with Gasteiger partial charge in [-0.25, -0.2) is 9.97 Å². The van der Waals surface area contributed by atoms with Crippen molar-refractivity contribution < 1.29 is 4.79 Å². The largest absolute Gasteiger partial charge is 0.352 e. The highest BCUT2D eigenvalue weighted by Gasteiger charge is 2.06. The highest BCUT2D eigenvalue weighted by molar-refractivity contribution is 9.09. The zero-order chi connectivity index (χ0) is 11.1. The summed E-state index contributed by atoms with van der Waals surface area (Å²) >= 11 is 3.51. The van der Waals surface area contributed by atoms with Crippen molar-refractivity contribution in [1.82, 2.24) is 15.3 Å². The van der Waals surface area contributed by atoms with Crippen molar-refractivity contribution in [2.24, 2.45) is 0 Å². The van der Waals surface area contributed by atoms with Crippen molar-refractivity contribution in [1.29, 1.82) is 0 Å². The second-order valence-corrected chi connectivity index (χ2v) is 4.47. The highest BCUT2D eigenvalue weighted by atomic mass is 79.9. The molecule has 0 radical (unpaired) electrons. The molecule has 5 heteroatoms. The van der Waals surface area contributed by atoms with Gasteiger partial charge in [0.15, 0.2) is 0 Å². The van der Waals surface area contributed by atoms with Crippen LogP contribution >= 0.6 is 15.9 Å². The number of alkyl halides is 1. The zero-order valence-electron chi connectivity index (χ0n) is 8.61. The van der Waals surface area contributed by atoms with E-state index in [0.717, 1.165) is 12.8 Å². The van der Waals surface area contributed by atoms with Gasteiger partial charge < -0.3 is 5.32 Å². The summed E-state index contributed by atoms with van der Waals surface area (Å²) in [7, 11) is 0. The fourth-order valence-electron chi connectivity index (χ4n) is 1.06. The summed E-state index contributed by atoms with van der Waals surface area (Å²) in [5.74, 6) is -0.119. The van der Waals surface area contributed by atoms with E-state index in [2.05, 4.69) is 38.1 Å². The van der Waals surface area contributed by atoms with Crippen molar-refractivity contribution in [3.05, 3.63) is 24.3 Å². The number of carbonyl (C=O) groups excluding carboxylic acids is 1. The molecule has 4 nitrogen and oxygen atoms in total. The van der Waals surface area contributed by atoms with Gasteiger partial charge in [0.1, 0.15) is 6.33 Å². The molecule has 1 atom stereocenters. The summed E-state index contributed by atoms with van der Waals surface area (Å²) in [6, 6.07) is 0. The van der Waals surface area contributed by atoms with E-state index >= 15 is 0 Å². The molecular weight excluding hydrogens is 258 g/mol. The van der Waals surface area contributed by atoms with E-state index in [1.165, 1.54) is 18.7 Å². The molecule has 1 aromatic heterocycles. The maximum absolute atomic E-state index is 11.5. The monoisotopic (exact) mass is 271 g/mol. The number of carbonyl (C=O) groups is 1. The molecule has 15 heavy (non-hydrogen) atoms. The zero-order valence-corrected chi connectivity index (χ0v) is 10.2. The van der Waals surface area contributed by atoms with Crippen LogP contribution in [0.2, 0.25) is 0 Å². The Hall–Kier alpha value is -0.970. The quantitative estimate of drug-likeness (QED) is 0.831. The third kappa shape index (κ3) is 4.38. The Balaban J connectivity index is 2.31. The van der Waals surface area contributed by atoms with E-state index in [9.17, 15) is 4.79 Å². The molecule has 0 bridgehead atoms. The maximum Gasteiger partial charge on any atom is 0.254 e. The van der Waals surface area contributed by atoms with E-state index in [4.69, 9.17) is 0 Å². The van der Waals surface area contributed by atoms with E-state index in [-0.39, 0.29) is 5.91 Å². The third-order valence-corrected chi connectivity index (χ3v) is 3.11. The minimum absolute atomic E-state index is 0.119. The first kappa shape index (κ1) is 12.1. The number of rotatable bonds is 5. The van der Waals surface area contributed by atoms with Gasteiger partial charge in [0.05, 0.1) is 5.56 Å². The Morgan fingerprint density at radius 2 is 2.20 bits per heavy atom. The van der Waals surface area contributed by atoms with Gasteiger partial charge in [-0.05, 0) is 12.8 Å². The molecule has 1 amide bonds. The van der Waals surface area contributed by atoms with Gasteiger partial charge in [-0.15, -0.1) is 0 Å². The fourth-order valence-corrected chi connectivity index (χ4v) is 1.29. The Labute approximate surface area is 97.6 Å². The van der Waals surface area contributed by atoms with E-state index in [1.54, 1.807) is 0 Å². The molecule has 0 fully saturated rings. The average Bonchev–Trinajstić information content (AvgIpc) is 2.29. The van der Waals surface area contributed by atoms with Crippen molar-refractivity contribution in [2.45, 2.75) is 24.6 Å². The van der Waals surface area contributed by atoms with Gasteiger partial charge in [0, 0.05) is 23.8 Å². The van der Waals surface area contributed by atoms with Crippen LogP contribution < -0.4 is 5.32 Å². The molecule has 82 valence electrons. The normalized spacial score (nSPS) is 12.1. The van der Waals surface area contributed by atoms with Crippen LogP contribution in [0.1, 0.15) is 30.1 Å². The number of halogens is 1. The Morgan fingerprint density at radius 1 is 1.53 bits per heavy atom. The van der Waals surface area contributed by atoms with Crippen LogP contribution in [0.5, 0.6) is 0 Å². The molecular formula is C10H14BrN3O. The number of hydrogen-bond donors (Lipinski definition) is 1. The number of nitrogens with one attached hydrogen (secondary N) is 1. The number of aromatic nitrogens is 2. The Kier molecular flexibility index (Phi) is 5.25. The van der Waals surface area contributed by atoms with Crippen molar-refractivity contribution in [3.8, 4) is 0 Å². The summed E-state index contributed by atoms with van der Waals surface area (Å²) in [6.45, 7) is 2.77. The molecule has 0 aliphatic carbocycles. The van der Waals surface area contributed by atoms with Crippen molar-refractivity contribution in [2.75, 3.05) is 6.54 Å². The molecule has 1 heterocycles. The first-order valence-electron chi connectivity index (χ1n) is 4.91. The molecule has 0 saturated heterocycles. The van der Waals surface area contributed by atoms with Gasteiger partial charge in [-0.2, -0.15) is 0 Å². The van der Waals surface area contributed by atoms with Crippen molar-refractivity contribution in [3.63, 3.8) is 0 Å². The third-order valence-electron chi connectivity index (χ3n) is 2.01. The lowest BCUT2D eigenvalue weighted by Gasteiger charge is -2.07. The molecule has 1 aromatic rings. The van der Waals surface area contributed by atoms with Crippen LogP contribution in [0.15, 0.2) is 18.7 Å². The molecule has 0 aromatic carbocycles. The van der Waals surface area contributed by atoms with Crippen LogP contribution in [-0.2, 0) is 0 Å². The summed E-state index contributed by atoms with van der Waals surface area (Å²) in [5, 5.41) is 2.82. The summed E-state index contributed by atoms with van der Waals surface area (Å²) < 4.78 is 0. The molecule has 1 unspecified atom stereocenters. The van der Waals surface area contributed by atoms with Gasteiger partial charge in [-0.3, -0.25) is 4.79 Å². The van der Waals surface area contributed by atoms with Gasteiger partial charge in [-0.1, -0.05) is 22.9 Å². The van der Waals surface area contributed by atoms with Gasteiger partial charge in [0.2, 0.25) is 0 Å². The van der Waals surface area contributed by atoms with Crippen LogP contribution in [0.4, 0.5) is 0 Å². The Bertz CT molecular complexity index is 305. The van der Waals surface area contributed by atoms with Gasteiger partial charge in [0.25, 0.3) is 5.91 Å². The minimum atomic E-state index is -0.119. The van der Waals surface area contributed by atoms with Gasteiger partial charge >= 0.3 is 0 Å². The average molecular weight is 272 g/mol. The summed E-state index contributed by atoms with van der Waals surface area (Å²) in [6.07, 6.45) is 6.41. The van der Waals surface area contributed by atoms with Crippen LogP contribution in [0, 0.1) is 0 Å². The number of hydrogen-bond acceptors (Lipinski definition) is 3. The first-order valence-corrected chi connectivity index (χ1v) is 5.83. The maximum atomic E-state index is 11.5. The topological polar surface area (TPSA) is 54.9 Å². The predicted molar refractivity (Wildman–Crippen MR) is 62.0 cm³/mol. The Morgan fingerprint density at radius 3 is 2.80 bits per heavy atom. The second kappa shape index (κ2) is 6.50. The lowest BCUT2D eigenvalue weighted by atomic mass is 10.2. The summed E-state index contributed by atoms with van der Waals surface area (Å²) in [4.78, 5) is 19.5. The number of amides is 1. The SMILES string of the molecule is CCC(Br)CCNC(=O)c1cncnc1. The van der Waals surface area contributed by atoms with Crippen LogP contribution in [0.3, 0.4) is 0 Å². The first-order chi connectivity index (χ1) is 7.24. The minimum Gasteiger partial charge on any atom is -0.352 e. The van der Waals surface area contributed by atoms with E-state index in [1.807, 2.05) is 0 Å². The lowest BCUT2D eigenvalue weighted by Crippen LogP contribution is -2.26. The number of nitrogens with zero attached hydrogens (tertiary/aromatic N) is 2. The molecule has 1 N–H and O–H groups in total. The molecule has 0 spiro atoms. The lowest BCUT2D eigenvalue weighted by molar-refractivity contribution is 0.0952. The molecule has 0 aliphatic heterocycles. The molecule has 1 rings (SSSR count). The molecule has 0 aliphatic rings. The van der Waals surface area contributed by atoms with E-state index < -0.39 is 0 Å². The molecule has 0 saturated carbocycles. The predicted octanol–water partition coefficient (Wildman–Crippen LogP) is 1.77. The van der Waals surface area contributed by atoms with Crippen LogP contribution in [0.25, 0.3) is 0 Å². The van der Waals surface area contributed by atoms with E-state index in [0.29, 0.717) is 16.9 Å². The van der Waals surface area contributed by atoms with Crippen LogP contribution in [-0.4, -0.2) is 27.2 Å². The van der Waals surface area contributed by atoms with Crippen molar-refractivity contribution >= 4 is 21.8 Å². The fraction of sp³-hybridized carbons (Fsp3) is 0.500. The second-order valence-electron chi connectivity index (χ2n) is 3.18. The summed E-state index contributed by atoms with van der Waals surface area (Å²) in [5.41, 5.74) is 0.500. The smallest absolute Gasteiger partial charge is 0.254 e. The highest BCUT2D eigenvalue weighted by Crippen LogP contribution is 2.07. The standard InChI is InChI=1S/C10H14BrN3O/c1-2-9(11)3-4-14-10(15)8-5-12-7-13-6-8/h5-7,9H,2-4H2,1H3,(H,14,15).